The van der Waals surface area contributed by atoms with Crippen LogP contribution in [-0.2, 0) is 11.3 Å². The summed E-state index contributed by atoms with van der Waals surface area (Å²) in [4.78, 5) is 13.4. The summed E-state index contributed by atoms with van der Waals surface area (Å²) < 4.78 is 5.25. The van der Waals surface area contributed by atoms with E-state index in [1.165, 1.54) is 11.3 Å². The third kappa shape index (κ3) is 4.23. The van der Waals surface area contributed by atoms with Crippen LogP contribution in [0.15, 0.2) is 30.3 Å². The standard InChI is InChI=1S/C16H23NO3/c1-17(13-16(19)10-6-3-7-11-16)15(18)20-12-14-8-4-2-5-9-14/h2,4-5,8-9,19H,3,6-7,10-13H2,1H3. The number of likely N-dealkylation sites (N-methyl/N-ethyl adjacent to an activating group) is 1. The van der Waals surface area contributed by atoms with E-state index in [-0.39, 0.29) is 12.7 Å². The molecular formula is C16H23NO3. The molecule has 20 heavy (non-hydrogen) atoms. The van der Waals surface area contributed by atoms with Crippen molar-refractivity contribution in [3.8, 4) is 0 Å². The molecule has 0 radical (unpaired) electrons. The number of nitrogens with zero attached hydrogens (tertiary/aromatic N) is 1. The van der Waals surface area contributed by atoms with Gasteiger partial charge in [-0.25, -0.2) is 4.79 Å². The van der Waals surface area contributed by atoms with Crippen LogP contribution in [0.25, 0.3) is 0 Å². The summed E-state index contributed by atoms with van der Waals surface area (Å²) in [6.07, 6.45) is 4.39. The SMILES string of the molecule is CN(CC1(O)CCCCC1)C(=O)OCc1ccccc1. The minimum atomic E-state index is -0.737. The number of rotatable bonds is 4. The molecule has 1 aromatic carbocycles. The fourth-order valence-corrected chi connectivity index (χ4v) is 2.70. The van der Waals surface area contributed by atoms with Crippen LogP contribution in [0.1, 0.15) is 37.7 Å². The number of hydrogen-bond acceptors (Lipinski definition) is 3. The first kappa shape index (κ1) is 14.9. The minimum absolute atomic E-state index is 0.266. The molecule has 4 heteroatoms. The molecule has 1 fully saturated rings. The number of amides is 1. The van der Waals surface area contributed by atoms with Gasteiger partial charge in [0.1, 0.15) is 6.61 Å². The maximum Gasteiger partial charge on any atom is 0.409 e. The van der Waals surface area contributed by atoms with Gasteiger partial charge in [-0.1, -0.05) is 49.6 Å². The molecule has 1 saturated carbocycles. The van der Waals surface area contributed by atoms with E-state index in [1.54, 1.807) is 7.05 Å². The van der Waals surface area contributed by atoms with Gasteiger partial charge in [0.25, 0.3) is 0 Å². The lowest BCUT2D eigenvalue weighted by Gasteiger charge is -2.35. The third-order valence-corrected chi connectivity index (χ3v) is 3.83. The van der Waals surface area contributed by atoms with E-state index in [0.29, 0.717) is 6.54 Å². The highest BCUT2D eigenvalue weighted by atomic mass is 16.6. The fraction of sp³-hybridized carbons (Fsp3) is 0.562. The van der Waals surface area contributed by atoms with Gasteiger partial charge in [0.2, 0.25) is 0 Å². The number of hydrogen-bond donors (Lipinski definition) is 1. The summed E-state index contributed by atoms with van der Waals surface area (Å²) in [5.74, 6) is 0. The molecule has 1 aliphatic carbocycles. The molecule has 0 saturated heterocycles. The number of carbonyl (C=O) groups is 1. The van der Waals surface area contributed by atoms with Crippen LogP contribution >= 0.6 is 0 Å². The van der Waals surface area contributed by atoms with Crippen LogP contribution in [0.4, 0.5) is 4.79 Å². The van der Waals surface area contributed by atoms with Crippen molar-refractivity contribution in [2.24, 2.45) is 0 Å². The molecule has 0 unspecified atom stereocenters. The highest BCUT2D eigenvalue weighted by Gasteiger charge is 2.32. The third-order valence-electron chi connectivity index (χ3n) is 3.83. The lowest BCUT2D eigenvalue weighted by atomic mass is 9.84. The van der Waals surface area contributed by atoms with Crippen molar-refractivity contribution >= 4 is 6.09 Å². The summed E-state index contributed by atoms with van der Waals surface area (Å²) >= 11 is 0. The van der Waals surface area contributed by atoms with Gasteiger partial charge in [-0.15, -0.1) is 0 Å². The largest absolute Gasteiger partial charge is 0.445 e. The zero-order valence-electron chi connectivity index (χ0n) is 12.0. The van der Waals surface area contributed by atoms with Gasteiger partial charge in [-0.05, 0) is 18.4 Å². The lowest BCUT2D eigenvalue weighted by Crippen LogP contribution is -2.45. The van der Waals surface area contributed by atoms with Crippen molar-refractivity contribution in [3.63, 3.8) is 0 Å². The van der Waals surface area contributed by atoms with E-state index < -0.39 is 5.60 Å². The Kier molecular flexibility index (Phi) is 5.01. The summed E-state index contributed by atoms with van der Waals surface area (Å²) in [7, 11) is 1.68. The minimum Gasteiger partial charge on any atom is -0.445 e. The van der Waals surface area contributed by atoms with E-state index in [1.807, 2.05) is 30.3 Å². The van der Waals surface area contributed by atoms with E-state index in [9.17, 15) is 9.90 Å². The normalized spacial score (nSPS) is 17.5. The van der Waals surface area contributed by atoms with Gasteiger partial charge in [0, 0.05) is 7.05 Å². The van der Waals surface area contributed by atoms with Crippen molar-refractivity contribution in [1.29, 1.82) is 0 Å². The maximum atomic E-state index is 11.9. The van der Waals surface area contributed by atoms with Crippen LogP contribution in [0.5, 0.6) is 0 Å². The topological polar surface area (TPSA) is 49.8 Å². The van der Waals surface area contributed by atoms with Gasteiger partial charge in [-0.2, -0.15) is 0 Å². The highest BCUT2D eigenvalue weighted by molar-refractivity contribution is 5.67. The average Bonchev–Trinajstić information content (AvgIpc) is 2.46. The quantitative estimate of drug-likeness (QED) is 0.920. The molecule has 1 N–H and O–H groups in total. The van der Waals surface area contributed by atoms with Crippen molar-refractivity contribution in [1.82, 2.24) is 4.90 Å². The van der Waals surface area contributed by atoms with Crippen molar-refractivity contribution in [3.05, 3.63) is 35.9 Å². The van der Waals surface area contributed by atoms with E-state index in [2.05, 4.69) is 0 Å². The summed E-state index contributed by atoms with van der Waals surface area (Å²) in [6.45, 7) is 0.614. The molecule has 0 atom stereocenters. The molecule has 0 aromatic heterocycles. The highest BCUT2D eigenvalue weighted by Crippen LogP contribution is 2.28. The number of benzene rings is 1. The Morgan fingerprint density at radius 1 is 1.25 bits per heavy atom. The monoisotopic (exact) mass is 277 g/mol. The fourth-order valence-electron chi connectivity index (χ4n) is 2.70. The average molecular weight is 277 g/mol. The van der Waals surface area contributed by atoms with Crippen LogP contribution in [0.2, 0.25) is 0 Å². The van der Waals surface area contributed by atoms with Crippen LogP contribution in [-0.4, -0.2) is 35.3 Å². The molecule has 0 aliphatic heterocycles. The zero-order chi connectivity index (χ0) is 14.4. The van der Waals surface area contributed by atoms with Gasteiger partial charge in [0.15, 0.2) is 0 Å². The van der Waals surface area contributed by atoms with Crippen LogP contribution in [0, 0.1) is 0 Å². The van der Waals surface area contributed by atoms with E-state index in [0.717, 1.165) is 31.2 Å². The molecule has 1 aromatic rings. The first-order valence-electron chi connectivity index (χ1n) is 7.23. The molecule has 110 valence electrons. The van der Waals surface area contributed by atoms with E-state index in [4.69, 9.17) is 4.74 Å². The summed E-state index contributed by atoms with van der Waals surface area (Å²) in [6, 6.07) is 9.59. The second kappa shape index (κ2) is 6.75. The lowest BCUT2D eigenvalue weighted by molar-refractivity contribution is -0.0214. The van der Waals surface area contributed by atoms with E-state index >= 15 is 0 Å². The molecule has 4 nitrogen and oxygen atoms in total. The Labute approximate surface area is 120 Å². The molecule has 0 heterocycles. The second-order valence-electron chi connectivity index (χ2n) is 5.68. The first-order chi connectivity index (χ1) is 9.59. The Morgan fingerprint density at radius 2 is 1.90 bits per heavy atom. The van der Waals surface area contributed by atoms with Gasteiger partial charge in [-0.3, -0.25) is 0 Å². The second-order valence-corrected chi connectivity index (χ2v) is 5.68. The summed E-state index contributed by atoms with van der Waals surface area (Å²) in [5, 5.41) is 10.4. The molecule has 0 bridgehead atoms. The van der Waals surface area contributed by atoms with Crippen LogP contribution < -0.4 is 0 Å². The predicted molar refractivity (Wildman–Crippen MR) is 77.3 cm³/mol. The number of carbonyl (C=O) groups excluding carboxylic acids is 1. The molecular weight excluding hydrogens is 254 g/mol. The maximum absolute atomic E-state index is 11.9. The van der Waals surface area contributed by atoms with Crippen LogP contribution in [0.3, 0.4) is 0 Å². The molecule has 0 spiro atoms. The van der Waals surface area contributed by atoms with Crippen molar-refractivity contribution in [2.45, 2.75) is 44.3 Å². The van der Waals surface area contributed by atoms with Gasteiger partial charge < -0.3 is 14.7 Å². The Balaban J connectivity index is 1.79. The first-order valence-corrected chi connectivity index (χ1v) is 7.23. The smallest absolute Gasteiger partial charge is 0.409 e. The van der Waals surface area contributed by atoms with Gasteiger partial charge >= 0.3 is 6.09 Å². The number of aliphatic hydroxyl groups is 1. The number of ether oxygens (including phenoxy) is 1. The van der Waals surface area contributed by atoms with Gasteiger partial charge in [0.05, 0.1) is 12.1 Å². The summed E-state index contributed by atoms with van der Waals surface area (Å²) in [5.41, 5.74) is 0.226. The zero-order valence-corrected chi connectivity index (χ0v) is 12.0. The Morgan fingerprint density at radius 3 is 2.55 bits per heavy atom. The molecule has 1 amide bonds. The Hall–Kier alpha value is -1.55. The predicted octanol–water partition coefficient (Wildman–Crippen LogP) is 2.95. The van der Waals surface area contributed by atoms with Crippen molar-refractivity contribution in [2.75, 3.05) is 13.6 Å². The molecule has 2 rings (SSSR count). The van der Waals surface area contributed by atoms with Crippen molar-refractivity contribution < 1.29 is 14.6 Å². The Bertz CT molecular complexity index is 427. The molecule has 1 aliphatic rings.